The van der Waals surface area contributed by atoms with Gasteiger partial charge in [0.1, 0.15) is 11.6 Å². The zero-order valence-corrected chi connectivity index (χ0v) is 13.7. The molecule has 2 N–H and O–H groups in total. The summed E-state index contributed by atoms with van der Waals surface area (Å²) in [4.78, 5) is 0. The van der Waals surface area contributed by atoms with Gasteiger partial charge < -0.3 is 15.0 Å². The van der Waals surface area contributed by atoms with Crippen LogP contribution < -0.4 is 10.5 Å². The highest BCUT2D eigenvalue weighted by Crippen LogP contribution is 2.28. The predicted octanol–water partition coefficient (Wildman–Crippen LogP) is 2.45. The van der Waals surface area contributed by atoms with Crippen LogP contribution in [0.3, 0.4) is 0 Å². The summed E-state index contributed by atoms with van der Waals surface area (Å²) in [7, 11) is 1.95. The molecule has 0 spiro atoms. The Morgan fingerprint density at radius 1 is 1.38 bits per heavy atom. The highest BCUT2D eigenvalue weighted by Gasteiger charge is 2.09. The molecule has 0 fully saturated rings. The number of para-hydroxylation sites is 1. The lowest BCUT2D eigenvalue weighted by atomic mass is 10.2. The maximum Gasteiger partial charge on any atom is 0.191 e. The first-order chi connectivity index (χ1) is 10.1. The standard InChI is InChI=1S/C14H19ClN4OS/c1-10-4-3-5-11(15)13(10)20-8-9-21-14-18-17-12(6-7-16)19(14)2/h3-5H,6-9,16H2,1-2H3. The fourth-order valence-electron chi connectivity index (χ4n) is 1.89. The second kappa shape index (κ2) is 7.68. The minimum absolute atomic E-state index is 0.564. The van der Waals surface area contributed by atoms with E-state index in [4.69, 9.17) is 22.1 Å². The average molecular weight is 327 g/mol. The van der Waals surface area contributed by atoms with E-state index in [-0.39, 0.29) is 0 Å². The fourth-order valence-corrected chi connectivity index (χ4v) is 2.92. The van der Waals surface area contributed by atoms with E-state index in [1.807, 2.05) is 36.7 Å². The number of halogens is 1. The first kappa shape index (κ1) is 16.1. The van der Waals surface area contributed by atoms with Gasteiger partial charge >= 0.3 is 0 Å². The second-order valence-corrected chi connectivity index (χ2v) is 6.05. The lowest BCUT2D eigenvalue weighted by molar-refractivity contribution is 0.341. The molecule has 1 aromatic carbocycles. The van der Waals surface area contributed by atoms with E-state index < -0.39 is 0 Å². The molecule has 0 saturated carbocycles. The maximum absolute atomic E-state index is 6.12. The minimum atomic E-state index is 0.564. The molecular formula is C14H19ClN4OS. The Hall–Kier alpha value is -1.24. The third-order valence-electron chi connectivity index (χ3n) is 3.02. The van der Waals surface area contributed by atoms with Crippen molar-refractivity contribution >= 4 is 23.4 Å². The Labute approximate surface area is 133 Å². The Kier molecular flexibility index (Phi) is 5.90. The Morgan fingerprint density at radius 2 is 2.19 bits per heavy atom. The van der Waals surface area contributed by atoms with Gasteiger partial charge in [0.25, 0.3) is 0 Å². The summed E-state index contributed by atoms with van der Waals surface area (Å²) in [6.07, 6.45) is 0.735. The summed E-state index contributed by atoms with van der Waals surface area (Å²) in [6.45, 7) is 3.12. The highest BCUT2D eigenvalue weighted by molar-refractivity contribution is 7.99. The summed E-state index contributed by atoms with van der Waals surface area (Å²) in [5.41, 5.74) is 6.57. The molecule has 0 aliphatic carbocycles. The number of rotatable bonds is 7. The third-order valence-corrected chi connectivity index (χ3v) is 4.30. The molecule has 0 aliphatic heterocycles. The maximum atomic E-state index is 6.12. The van der Waals surface area contributed by atoms with Gasteiger partial charge in [0.05, 0.1) is 11.6 Å². The zero-order chi connectivity index (χ0) is 15.2. The summed E-state index contributed by atoms with van der Waals surface area (Å²) in [5, 5.41) is 9.79. The Bertz CT molecular complexity index is 582. The number of benzene rings is 1. The Morgan fingerprint density at radius 3 is 2.90 bits per heavy atom. The number of hydrogen-bond acceptors (Lipinski definition) is 5. The molecule has 0 aliphatic rings. The molecule has 2 rings (SSSR count). The summed E-state index contributed by atoms with van der Waals surface area (Å²) < 4.78 is 7.72. The summed E-state index contributed by atoms with van der Waals surface area (Å²) in [6, 6.07) is 5.73. The first-order valence-corrected chi connectivity index (χ1v) is 8.09. The van der Waals surface area contributed by atoms with Gasteiger partial charge in [-0.15, -0.1) is 10.2 Å². The summed E-state index contributed by atoms with van der Waals surface area (Å²) in [5.74, 6) is 2.43. The van der Waals surface area contributed by atoms with Crippen molar-refractivity contribution in [3.05, 3.63) is 34.6 Å². The molecule has 0 radical (unpaired) electrons. The Balaban J connectivity index is 1.85. The third kappa shape index (κ3) is 4.12. The van der Waals surface area contributed by atoms with Gasteiger partial charge in [-0.05, 0) is 25.1 Å². The number of ether oxygens (including phenoxy) is 1. The number of thioether (sulfide) groups is 1. The normalized spacial score (nSPS) is 10.9. The number of aromatic nitrogens is 3. The van der Waals surface area contributed by atoms with Crippen molar-refractivity contribution in [3.8, 4) is 5.75 Å². The number of hydrogen-bond donors (Lipinski definition) is 1. The van der Waals surface area contributed by atoms with E-state index in [2.05, 4.69) is 10.2 Å². The van der Waals surface area contributed by atoms with Crippen molar-refractivity contribution in [2.24, 2.45) is 12.8 Å². The van der Waals surface area contributed by atoms with Gasteiger partial charge in [0, 0.05) is 19.2 Å². The van der Waals surface area contributed by atoms with E-state index in [0.717, 1.165) is 34.5 Å². The minimum Gasteiger partial charge on any atom is -0.491 e. The van der Waals surface area contributed by atoms with Gasteiger partial charge in [0.2, 0.25) is 0 Å². The lowest BCUT2D eigenvalue weighted by Crippen LogP contribution is -2.08. The molecule has 0 saturated heterocycles. The molecule has 5 nitrogen and oxygen atoms in total. The van der Waals surface area contributed by atoms with E-state index in [1.54, 1.807) is 11.8 Å². The lowest BCUT2D eigenvalue weighted by Gasteiger charge is -2.10. The van der Waals surface area contributed by atoms with Crippen LogP contribution in [-0.4, -0.2) is 33.7 Å². The average Bonchev–Trinajstić information content (AvgIpc) is 2.79. The number of nitrogens with zero attached hydrogens (tertiary/aromatic N) is 3. The van der Waals surface area contributed by atoms with E-state index >= 15 is 0 Å². The van der Waals surface area contributed by atoms with Crippen LogP contribution in [-0.2, 0) is 13.5 Å². The predicted molar refractivity (Wildman–Crippen MR) is 86.2 cm³/mol. The van der Waals surface area contributed by atoms with Crippen molar-refractivity contribution in [2.75, 3.05) is 18.9 Å². The molecular weight excluding hydrogens is 308 g/mol. The molecule has 0 amide bonds. The van der Waals surface area contributed by atoms with Crippen LogP contribution in [0.25, 0.3) is 0 Å². The van der Waals surface area contributed by atoms with Crippen LogP contribution in [0.15, 0.2) is 23.4 Å². The molecule has 0 bridgehead atoms. The van der Waals surface area contributed by atoms with Gasteiger partial charge in [-0.25, -0.2) is 0 Å². The molecule has 114 valence electrons. The van der Waals surface area contributed by atoms with E-state index in [0.29, 0.717) is 18.2 Å². The second-order valence-electron chi connectivity index (χ2n) is 4.58. The molecule has 2 aromatic rings. The van der Waals surface area contributed by atoms with Crippen LogP contribution in [0.1, 0.15) is 11.4 Å². The summed E-state index contributed by atoms with van der Waals surface area (Å²) >= 11 is 7.72. The van der Waals surface area contributed by atoms with Crippen LogP contribution in [0, 0.1) is 6.92 Å². The monoisotopic (exact) mass is 326 g/mol. The number of nitrogens with two attached hydrogens (primary N) is 1. The zero-order valence-electron chi connectivity index (χ0n) is 12.2. The van der Waals surface area contributed by atoms with Crippen LogP contribution >= 0.6 is 23.4 Å². The molecule has 1 heterocycles. The molecule has 21 heavy (non-hydrogen) atoms. The smallest absolute Gasteiger partial charge is 0.191 e. The van der Waals surface area contributed by atoms with Gasteiger partial charge in [-0.1, -0.05) is 35.5 Å². The van der Waals surface area contributed by atoms with Crippen LogP contribution in [0.2, 0.25) is 5.02 Å². The van der Waals surface area contributed by atoms with Gasteiger partial charge in [-0.3, -0.25) is 0 Å². The SMILES string of the molecule is Cc1cccc(Cl)c1OCCSc1nnc(CCN)n1C. The van der Waals surface area contributed by atoms with E-state index in [1.165, 1.54) is 0 Å². The van der Waals surface area contributed by atoms with Crippen molar-refractivity contribution in [2.45, 2.75) is 18.5 Å². The van der Waals surface area contributed by atoms with E-state index in [9.17, 15) is 0 Å². The quantitative estimate of drug-likeness (QED) is 0.625. The van der Waals surface area contributed by atoms with Crippen molar-refractivity contribution in [1.82, 2.24) is 14.8 Å². The van der Waals surface area contributed by atoms with Crippen molar-refractivity contribution < 1.29 is 4.74 Å². The highest BCUT2D eigenvalue weighted by atomic mass is 35.5. The van der Waals surface area contributed by atoms with Gasteiger partial charge in [0.15, 0.2) is 5.16 Å². The van der Waals surface area contributed by atoms with Crippen molar-refractivity contribution in [1.29, 1.82) is 0 Å². The topological polar surface area (TPSA) is 66.0 Å². The number of aryl methyl sites for hydroxylation is 1. The fraction of sp³-hybridized carbons (Fsp3) is 0.429. The molecule has 7 heteroatoms. The van der Waals surface area contributed by atoms with Gasteiger partial charge in [-0.2, -0.15) is 0 Å². The first-order valence-electron chi connectivity index (χ1n) is 6.72. The van der Waals surface area contributed by atoms with Crippen molar-refractivity contribution in [3.63, 3.8) is 0 Å². The van der Waals surface area contributed by atoms with Crippen LogP contribution in [0.5, 0.6) is 5.75 Å². The largest absolute Gasteiger partial charge is 0.491 e. The molecule has 1 aromatic heterocycles. The van der Waals surface area contributed by atoms with Crippen LogP contribution in [0.4, 0.5) is 0 Å². The molecule has 0 atom stereocenters. The molecule has 0 unspecified atom stereocenters.